The number of hydrogen-bond donors (Lipinski definition) is 2. The highest BCUT2D eigenvalue weighted by molar-refractivity contribution is 7.47. The fourth-order valence-electron chi connectivity index (χ4n) is 5.74. The Bertz CT molecular complexity index is 661. The third-order valence-electron chi connectivity index (χ3n) is 8.82. The van der Waals surface area contributed by atoms with Gasteiger partial charge in [-0.3, -0.25) is 9.05 Å². The topological polar surface area (TPSA) is 77.0 Å². The van der Waals surface area contributed by atoms with Crippen molar-refractivity contribution in [3.63, 3.8) is 0 Å². The molecule has 0 fully saturated rings. The van der Waals surface area contributed by atoms with Crippen molar-refractivity contribution in [1.29, 1.82) is 0 Å². The molecule has 0 aromatic heterocycles. The van der Waals surface area contributed by atoms with Crippen molar-refractivity contribution in [2.45, 2.75) is 187 Å². The first-order chi connectivity index (χ1) is 22.2. The van der Waals surface area contributed by atoms with Crippen LogP contribution in [0.5, 0.6) is 0 Å². The average Bonchev–Trinajstić information content (AvgIpc) is 3.00. The van der Waals surface area contributed by atoms with Gasteiger partial charge in [0, 0.05) is 13.2 Å². The summed E-state index contributed by atoms with van der Waals surface area (Å²) < 4.78 is 30.0. The van der Waals surface area contributed by atoms with Crippen molar-refractivity contribution in [3.05, 3.63) is 0 Å². The third-order valence-corrected chi connectivity index (χ3v) is 9.90. The first kappa shape index (κ1) is 46.0. The number of quaternary nitrogens is 1. The van der Waals surface area contributed by atoms with Crippen LogP contribution >= 0.6 is 7.82 Å². The van der Waals surface area contributed by atoms with Crippen LogP contribution in [0, 0.1) is 0 Å². The van der Waals surface area contributed by atoms with E-state index < -0.39 is 13.9 Å². The highest BCUT2D eigenvalue weighted by Gasteiger charge is 2.27. The maximum Gasteiger partial charge on any atom is 0.472 e. The molecule has 0 amide bonds. The minimum absolute atomic E-state index is 0.176. The molecular formula is C38H82N2O5P+. The van der Waals surface area contributed by atoms with Crippen LogP contribution in [0.3, 0.4) is 0 Å². The van der Waals surface area contributed by atoms with E-state index in [4.69, 9.17) is 13.8 Å². The van der Waals surface area contributed by atoms with Gasteiger partial charge in [-0.05, 0) is 19.4 Å². The van der Waals surface area contributed by atoms with Crippen molar-refractivity contribution >= 4 is 7.82 Å². The molecule has 278 valence electrons. The Morgan fingerprint density at radius 3 is 1.39 bits per heavy atom. The molecule has 2 atom stereocenters. The Labute approximate surface area is 287 Å². The van der Waals surface area contributed by atoms with Gasteiger partial charge in [0.1, 0.15) is 19.3 Å². The van der Waals surface area contributed by atoms with Gasteiger partial charge >= 0.3 is 7.82 Å². The van der Waals surface area contributed by atoms with E-state index in [-0.39, 0.29) is 6.61 Å². The molecule has 8 heteroatoms. The van der Waals surface area contributed by atoms with Gasteiger partial charge in [-0.15, -0.1) is 0 Å². The maximum absolute atomic E-state index is 12.6. The van der Waals surface area contributed by atoms with Gasteiger partial charge in [-0.25, -0.2) is 4.57 Å². The average molecular weight is 678 g/mol. The number of phosphoric ester groups is 1. The van der Waals surface area contributed by atoms with E-state index in [1.807, 2.05) is 21.1 Å². The Morgan fingerprint density at radius 1 is 0.587 bits per heavy atom. The Balaban J connectivity index is 3.97. The molecule has 0 aromatic rings. The van der Waals surface area contributed by atoms with Crippen molar-refractivity contribution in [2.24, 2.45) is 0 Å². The zero-order chi connectivity index (χ0) is 34.0. The molecular weight excluding hydrogens is 595 g/mol. The van der Waals surface area contributed by atoms with Gasteiger partial charge in [0.25, 0.3) is 0 Å². The van der Waals surface area contributed by atoms with Crippen LogP contribution in [0.1, 0.15) is 181 Å². The van der Waals surface area contributed by atoms with Crippen LogP contribution in [0.15, 0.2) is 0 Å². The number of likely N-dealkylation sites (N-methyl/N-ethyl adjacent to an activating group) is 1. The van der Waals surface area contributed by atoms with Gasteiger partial charge in [-0.2, -0.15) is 0 Å². The molecule has 0 bridgehead atoms. The lowest BCUT2D eigenvalue weighted by molar-refractivity contribution is -0.870. The number of rotatable bonds is 38. The largest absolute Gasteiger partial charge is 0.472 e. The van der Waals surface area contributed by atoms with Crippen molar-refractivity contribution in [1.82, 2.24) is 5.32 Å². The van der Waals surface area contributed by atoms with Gasteiger partial charge in [0.15, 0.2) is 0 Å². The van der Waals surface area contributed by atoms with E-state index in [1.165, 1.54) is 154 Å². The number of nitrogens with one attached hydrogen (secondary N) is 1. The molecule has 0 saturated heterocycles. The molecule has 0 aliphatic carbocycles. The predicted octanol–water partition coefficient (Wildman–Crippen LogP) is 11.0. The SMILES string of the molecule is CCCCCCCCCCCCCCCCCCCCNCC(COCCCCCCCCCC)OP(=O)(O)OCC[N+](C)(C)C. The van der Waals surface area contributed by atoms with Gasteiger partial charge in [0.05, 0.1) is 27.7 Å². The zero-order valence-electron chi connectivity index (χ0n) is 31.7. The normalized spacial score (nSPS) is 14.1. The second-order valence-electron chi connectivity index (χ2n) is 14.8. The van der Waals surface area contributed by atoms with Crippen molar-refractivity contribution < 1.29 is 27.7 Å². The minimum Gasteiger partial charge on any atom is -0.379 e. The smallest absolute Gasteiger partial charge is 0.379 e. The van der Waals surface area contributed by atoms with E-state index in [0.29, 0.717) is 30.8 Å². The fraction of sp³-hybridized carbons (Fsp3) is 1.00. The molecule has 0 saturated carbocycles. The van der Waals surface area contributed by atoms with Crippen LogP contribution in [0.2, 0.25) is 0 Å². The van der Waals surface area contributed by atoms with Crippen molar-refractivity contribution in [2.75, 3.05) is 60.6 Å². The van der Waals surface area contributed by atoms with Crippen molar-refractivity contribution in [3.8, 4) is 0 Å². The standard InChI is InChI=1S/C38H81N2O5P/c1-6-8-10-12-14-16-17-18-19-20-21-22-23-24-25-26-28-30-32-39-36-38(45-46(41,42)44-35-33-40(3,4)5)37-43-34-31-29-27-15-13-11-9-7-2/h38-39H,6-37H2,1-5H3/p+1. The first-order valence-corrected chi connectivity index (χ1v) is 21.4. The van der Waals surface area contributed by atoms with Crippen LogP contribution in [-0.4, -0.2) is 76.1 Å². The predicted molar refractivity (Wildman–Crippen MR) is 199 cm³/mol. The van der Waals surface area contributed by atoms with E-state index in [9.17, 15) is 9.46 Å². The van der Waals surface area contributed by atoms with E-state index >= 15 is 0 Å². The summed E-state index contributed by atoms with van der Waals surface area (Å²) in [6.45, 7) is 7.67. The quantitative estimate of drug-likeness (QED) is 0.0385. The highest BCUT2D eigenvalue weighted by Crippen LogP contribution is 2.44. The minimum atomic E-state index is -4.14. The summed E-state index contributed by atoms with van der Waals surface area (Å²) in [6.07, 6.45) is 34.3. The third kappa shape index (κ3) is 36.8. The molecule has 0 heterocycles. The monoisotopic (exact) mass is 678 g/mol. The lowest BCUT2D eigenvalue weighted by Crippen LogP contribution is -2.37. The second-order valence-corrected chi connectivity index (χ2v) is 16.2. The van der Waals surface area contributed by atoms with Gasteiger partial charge in [-0.1, -0.05) is 168 Å². The van der Waals surface area contributed by atoms with E-state index in [2.05, 4.69) is 19.2 Å². The highest BCUT2D eigenvalue weighted by atomic mass is 31.2. The van der Waals surface area contributed by atoms with Crippen LogP contribution in [0.4, 0.5) is 0 Å². The molecule has 2 unspecified atom stereocenters. The Morgan fingerprint density at radius 2 is 0.978 bits per heavy atom. The molecule has 46 heavy (non-hydrogen) atoms. The lowest BCUT2D eigenvalue weighted by Gasteiger charge is -2.25. The number of ether oxygens (including phenoxy) is 1. The van der Waals surface area contributed by atoms with Gasteiger partial charge in [0.2, 0.25) is 0 Å². The summed E-state index contributed by atoms with van der Waals surface area (Å²) in [5, 5.41) is 3.43. The maximum atomic E-state index is 12.6. The molecule has 0 spiro atoms. The Hall–Kier alpha value is -0.0100. The number of unbranched alkanes of at least 4 members (excludes halogenated alkanes) is 24. The summed E-state index contributed by atoms with van der Waals surface area (Å²) in [5.41, 5.74) is 0. The molecule has 0 aliphatic heterocycles. The molecule has 2 N–H and O–H groups in total. The zero-order valence-corrected chi connectivity index (χ0v) is 32.6. The summed E-state index contributed by atoms with van der Waals surface area (Å²) in [5.74, 6) is 0. The van der Waals surface area contributed by atoms with Crippen LogP contribution < -0.4 is 5.32 Å². The molecule has 0 radical (unpaired) electrons. The summed E-state index contributed by atoms with van der Waals surface area (Å²) >= 11 is 0. The second kappa shape index (κ2) is 33.5. The summed E-state index contributed by atoms with van der Waals surface area (Å²) in [7, 11) is 1.94. The molecule has 7 nitrogen and oxygen atoms in total. The molecule has 0 aliphatic rings. The molecule has 0 rings (SSSR count). The van der Waals surface area contributed by atoms with E-state index in [0.717, 1.165) is 19.4 Å². The number of nitrogens with zero attached hydrogens (tertiary/aromatic N) is 1. The lowest BCUT2D eigenvalue weighted by atomic mass is 10.0. The Kier molecular flexibility index (Phi) is 33.5. The fourth-order valence-corrected chi connectivity index (χ4v) is 6.63. The van der Waals surface area contributed by atoms with Crippen LogP contribution in [-0.2, 0) is 18.3 Å². The molecule has 0 aromatic carbocycles. The number of phosphoric acid groups is 1. The first-order valence-electron chi connectivity index (χ1n) is 19.9. The van der Waals surface area contributed by atoms with Gasteiger partial charge < -0.3 is 19.4 Å². The summed E-state index contributed by atoms with van der Waals surface area (Å²) in [6, 6.07) is 0. The van der Waals surface area contributed by atoms with E-state index in [1.54, 1.807) is 0 Å². The number of hydrogen-bond acceptors (Lipinski definition) is 5. The van der Waals surface area contributed by atoms with Crippen LogP contribution in [0.25, 0.3) is 0 Å². The summed E-state index contributed by atoms with van der Waals surface area (Å²) in [4.78, 5) is 10.3.